The van der Waals surface area contributed by atoms with Crippen molar-refractivity contribution in [2.24, 2.45) is 0 Å². The number of fused-ring (bicyclic) bond motifs is 1. The molecule has 1 unspecified atom stereocenters. The molecule has 0 fully saturated rings. The zero-order valence-corrected chi connectivity index (χ0v) is 10.1. The number of carbonyl (C=O) groups is 2. The normalized spacial score (nSPS) is 12.6. The Kier molecular flexibility index (Phi) is 3.92. The number of carbonyl (C=O) groups excluding carboxylic acids is 1. The summed E-state index contributed by atoms with van der Waals surface area (Å²) in [6.07, 6.45) is -3.78. The fraction of sp³-hybridized carbons (Fsp3) is 0.250. The first-order valence-corrected chi connectivity index (χ1v) is 5.74. The highest BCUT2D eigenvalue weighted by Gasteiger charge is 2.26. The number of benzene rings is 1. The molecule has 0 bridgehead atoms. The van der Waals surface area contributed by atoms with Crippen molar-refractivity contribution in [2.45, 2.75) is 18.9 Å². The fourth-order valence-electron chi connectivity index (χ4n) is 1.76. The maximum atomic E-state index is 12.3. The summed E-state index contributed by atoms with van der Waals surface area (Å²) < 4.78 is 24.5. The van der Waals surface area contributed by atoms with E-state index in [1.165, 1.54) is 0 Å². The van der Waals surface area contributed by atoms with Crippen LogP contribution in [0.2, 0.25) is 0 Å². The highest BCUT2D eigenvalue weighted by atomic mass is 19.3. The topological polar surface area (TPSA) is 95.1 Å². The van der Waals surface area contributed by atoms with Crippen molar-refractivity contribution in [3.05, 3.63) is 30.0 Å². The standard InChI is InChI=1S/C12H11F2N3O3/c13-9(14)5-8(12(19)20)15-11(18)10-6-3-1-2-4-7(6)16-17-10/h1-4,8-9H,5H2,(H,15,18)(H,16,17)(H,19,20). The SMILES string of the molecule is O=C(NC(CC(F)F)C(=O)O)c1n[nH]c2ccccc12. The first-order chi connectivity index (χ1) is 9.49. The van der Waals surface area contributed by atoms with Gasteiger partial charge in [0.15, 0.2) is 5.69 Å². The third-order valence-electron chi connectivity index (χ3n) is 2.70. The number of aromatic nitrogens is 2. The summed E-state index contributed by atoms with van der Waals surface area (Å²) in [5, 5.41) is 17.7. The Hall–Kier alpha value is -2.51. The molecule has 0 spiro atoms. The Bertz CT molecular complexity index is 642. The number of halogens is 2. The van der Waals surface area contributed by atoms with E-state index in [1.807, 2.05) is 5.32 Å². The molecular weight excluding hydrogens is 272 g/mol. The number of amides is 1. The molecule has 3 N–H and O–H groups in total. The number of aliphatic carboxylic acids is 1. The molecule has 20 heavy (non-hydrogen) atoms. The van der Waals surface area contributed by atoms with Gasteiger partial charge in [0.2, 0.25) is 6.43 Å². The number of carboxylic acids is 1. The van der Waals surface area contributed by atoms with Crippen molar-refractivity contribution in [1.29, 1.82) is 0 Å². The lowest BCUT2D eigenvalue weighted by Gasteiger charge is -2.12. The molecule has 2 aromatic rings. The zero-order valence-electron chi connectivity index (χ0n) is 10.1. The summed E-state index contributed by atoms with van der Waals surface area (Å²) in [5.41, 5.74) is 0.569. The number of rotatable bonds is 5. The maximum absolute atomic E-state index is 12.3. The third kappa shape index (κ3) is 2.90. The largest absolute Gasteiger partial charge is 0.480 e. The van der Waals surface area contributed by atoms with E-state index in [0.717, 1.165) is 0 Å². The maximum Gasteiger partial charge on any atom is 0.326 e. The van der Waals surface area contributed by atoms with Crippen LogP contribution in [0, 0.1) is 0 Å². The molecule has 0 saturated heterocycles. The highest BCUT2D eigenvalue weighted by Crippen LogP contribution is 2.15. The van der Waals surface area contributed by atoms with Crippen LogP contribution in [0.1, 0.15) is 16.9 Å². The first kappa shape index (κ1) is 13.9. The third-order valence-corrected chi connectivity index (χ3v) is 2.70. The van der Waals surface area contributed by atoms with Gasteiger partial charge in [0.1, 0.15) is 6.04 Å². The van der Waals surface area contributed by atoms with Crippen LogP contribution in [0.15, 0.2) is 24.3 Å². The van der Waals surface area contributed by atoms with Gasteiger partial charge in [-0.25, -0.2) is 13.6 Å². The lowest BCUT2D eigenvalue weighted by atomic mass is 10.1. The quantitative estimate of drug-likeness (QED) is 0.773. The molecular formula is C12H11F2N3O3. The van der Waals surface area contributed by atoms with Gasteiger partial charge in [0.25, 0.3) is 5.91 Å². The summed E-state index contributed by atoms with van der Waals surface area (Å²) >= 11 is 0. The predicted octanol–water partition coefficient (Wildman–Crippen LogP) is 1.40. The molecule has 8 heteroatoms. The van der Waals surface area contributed by atoms with Crippen LogP contribution in [-0.2, 0) is 4.79 Å². The lowest BCUT2D eigenvalue weighted by Crippen LogP contribution is -2.42. The number of nitrogens with one attached hydrogen (secondary N) is 2. The number of hydrogen-bond acceptors (Lipinski definition) is 3. The van der Waals surface area contributed by atoms with Gasteiger partial charge in [0.05, 0.1) is 5.52 Å². The van der Waals surface area contributed by atoms with E-state index in [1.54, 1.807) is 24.3 Å². The highest BCUT2D eigenvalue weighted by molar-refractivity contribution is 6.05. The van der Waals surface area contributed by atoms with Crippen LogP contribution in [0.5, 0.6) is 0 Å². The number of alkyl halides is 2. The molecule has 1 heterocycles. The van der Waals surface area contributed by atoms with E-state index < -0.39 is 30.8 Å². The smallest absolute Gasteiger partial charge is 0.326 e. The number of nitrogens with zero attached hydrogens (tertiary/aromatic N) is 1. The molecule has 6 nitrogen and oxygen atoms in total. The van der Waals surface area contributed by atoms with Crippen molar-refractivity contribution in [3.63, 3.8) is 0 Å². The molecule has 1 aromatic carbocycles. The summed E-state index contributed by atoms with van der Waals surface area (Å²) in [5.74, 6) is -2.33. The van der Waals surface area contributed by atoms with Crippen molar-refractivity contribution in [1.82, 2.24) is 15.5 Å². The fourth-order valence-corrected chi connectivity index (χ4v) is 1.76. The van der Waals surface area contributed by atoms with Crippen molar-refractivity contribution in [2.75, 3.05) is 0 Å². The van der Waals surface area contributed by atoms with E-state index in [4.69, 9.17) is 5.11 Å². The minimum atomic E-state index is -2.83. The number of carboxylic acid groups (broad SMARTS) is 1. The summed E-state index contributed by atoms with van der Waals surface area (Å²) in [6.45, 7) is 0. The van der Waals surface area contributed by atoms with Gasteiger partial charge < -0.3 is 10.4 Å². The molecule has 0 saturated carbocycles. The summed E-state index contributed by atoms with van der Waals surface area (Å²) in [7, 11) is 0. The molecule has 1 aromatic heterocycles. The molecule has 106 valence electrons. The molecule has 1 atom stereocenters. The van der Waals surface area contributed by atoms with Crippen molar-refractivity contribution < 1.29 is 23.5 Å². The summed E-state index contributed by atoms with van der Waals surface area (Å²) in [6, 6.07) is 5.07. The molecule has 0 aliphatic rings. The number of para-hydroxylation sites is 1. The average Bonchev–Trinajstić information content (AvgIpc) is 2.81. The van der Waals surface area contributed by atoms with Crippen LogP contribution >= 0.6 is 0 Å². The van der Waals surface area contributed by atoms with Gasteiger partial charge in [-0.05, 0) is 6.07 Å². The van der Waals surface area contributed by atoms with Crippen LogP contribution in [0.4, 0.5) is 8.78 Å². The molecule has 0 radical (unpaired) electrons. The van der Waals surface area contributed by atoms with Gasteiger partial charge in [-0.3, -0.25) is 9.89 Å². The Morgan fingerprint density at radius 3 is 2.70 bits per heavy atom. The Balaban J connectivity index is 2.20. The van der Waals surface area contributed by atoms with Gasteiger partial charge >= 0.3 is 5.97 Å². The van der Waals surface area contributed by atoms with Gasteiger partial charge in [0, 0.05) is 11.8 Å². The Labute approximate surface area is 111 Å². The van der Waals surface area contributed by atoms with Crippen LogP contribution < -0.4 is 5.32 Å². The van der Waals surface area contributed by atoms with Gasteiger partial charge in [-0.2, -0.15) is 5.10 Å². The predicted molar refractivity (Wildman–Crippen MR) is 65.6 cm³/mol. The minimum absolute atomic E-state index is 0.0267. The lowest BCUT2D eigenvalue weighted by molar-refractivity contribution is -0.140. The number of aromatic amines is 1. The Morgan fingerprint density at radius 1 is 1.35 bits per heavy atom. The van der Waals surface area contributed by atoms with E-state index >= 15 is 0 Å². The van der Waals surface area contributed by atoms with E-state index in [9.17, 15) is 18.4 Å². The van der Waals surface area contributed by atoms with Gasteiger partial charge in [-0.15, -0.1) is 0 Å². The second-order valence-corrected chi connectivity index (χ2v) is 4.11. The van der Waals surface area contributed by atoms with E-state index in [-0.39, 0.29) is 5.69 Å². The van der Waals surface area contributed by atoms with Crippen molar-refractivity contribution >= 4 is 22.8 Å². The monoisotopic (exact) mass is 283 g/mol. The number of H-pyrrole nitrogens is 1. The molecule has 0 aliphatic heterocycles. The Morgan fingerprint density at radius 2 is 2.05 bits per heavy atom. The zero-order chi connectivity index (χ0) is 14.7. The van der Waals surface area contributed by atoms with Crippen LogP contribution in [-0.4, -0.2) is 39.6 Å². The molecule has 0 aliphatic carbocycles. The minimum Gasteiger partial charge on any atom is -0.480 e. The molecule has 2 rings (SSSR count). The van der Waals surface area contributed by atoms with Crippen molar-refractivity contribution in [3.8, 4) is 0 Å². The first-order valence-electron chi connectivity index (χ1n) is 5.74. The molecule has 1 amide bonds. The van der Waals surface area contributed by atoms with Crippen LogP contribution in [0.25, 0.3) is 10.9 Å². The van der Waals surface area contributed by atoms with E-state index in [2.05, 4.69) is 10.2 Å². The van der Waals surface area contributed by atoms with E-state index in [0.29, 0.717) is 10.9 Å². The van der Waals surface area contributed by atoms with Gasteiger partial charge in [-0.1, -0.05) is 18.2 Å². The second-order valence-electron chi connectivity index (χ2n) is 4.11. The van der Waals surface area contributed by atoms with Crippen LogP contribution in [0.3, 0.4) is 0 Å². The second kappa shape index (κ2) is 5.64. The number of hydrogen-bond donors (Lipinski definition) is 3. The average molecular weight is 283 g/mol. The summed E-state index contributed by atoms with van der Waals surface area (Å²) in [4.78, 5) is 22.7.